The molecule has 6 nitrogen and oxygen atoms in total. The number of aliphatic hydroxyl groups excluding tert-OH is 2. The Morgan fingerprint density at radius 3 is 1.29 bits per heavy atom. The molecule has 0 radical (unpaired) electrons. The molecule has 0 aliphatic heterocycles. The molecule has 0 bridgehead atoms. The smallest absolute Gasteiger partial charge is 0.305 e. The molecule has 2 unspecified atom stereocenters. The second-order valence-electron chi connectivity index (χ2n) is 17.1. The van der Waals surface area contributed by atoms with Crippen LogP contribution in [0.25, 0.3) is 0 Å². The first-order chi connectivity index (χ1) is 27.5. The van der Waals surface area contributed by atoms with Gasteiger partial charge in [0.05, 0.1) is 25.4 Å². The molecule has 0 spiro atoms. The summed E-state index contributed by atoms with van der Waals surface area (Å²) in [6.45, 7) is 4.91. The summed E-state index contributed by atoms with van der Waals surface area (Å²) in [6, 6.07) is -0.547. The van der Waals surface area contributed by atoms with Crippen molar-refractivity contribution in [3.8, 4) is 0 Å². The molecule has 332 valence electrons. The van der Waals surface area contributed by atoms with E-state index in [1.807, 2.05) is 0 Å². The Kier molecular flexibility index (Phi) is 45.1. The number of esters is 1. The first-order valence-corrected chi connectivity index (χ1v) is 24.9. The lowest BCUT2D eigenvalue weighted by atomic mass is 10.0. The Morgan fingerprint density at radius 1 is 0.482 bits per heavy atom. The summed E-state index contributed by atoms with van der Waals surface area (Å²) in [4.78, 5) is 24.4. The number of allylic oxidation sites excluding steroid dienone is 2. The first kappa shape index (κ1) is 54.6. The highest BCUT2D eigenvalue weighted by Crippen LogP contribution is 2.16. The zero-order chi connectivity index (χ0) is 40.8. The number of carbonyl (C=O) groups excluding carboxylic acids is 2. The molecule has 0 saturated carbocycles. The quantitative estimate of drug-likeness (QED) is 0.0324. The molecule has 0 saturated heterocycles. The van der Waals surface area contributed by atoms with Crippen LogP contribution < -0.4 is 5.32 Å². The molecule has 2 atom stereocenters. The van der Waals surface area contributed by atoms with Crippen LogP contribution in [0.3, 0.4) is 0 Å². The van der Waals surface area contributed by atoms with Crippen molar-refractivity contribution in [2.45, 2.75) is 283 Å². The molecule has 0 aromatic carbocycles. The van der Waals surface area contributed by atoms with Crippen LogP contribution in [0, 0.1) is 0 Å². The number of hydrogen-bond donors (Lipinski definition) is 3. The first-order valence-electron chi connectivity index (χ1n) is 24.9. The number of carbonyl (C=O) groups is 2. The maximum Gasteiger partial charge on any atom is 0.305 e. The van der Waals surface area contributed by atoms with E-state index in [4.69, 9.17) is 4.74 Å². The third-order valence-corrected chi connectivity index (χ3v) is 11.6. The largest absolute Gasteiger partial charge is 0.466 e. The van der Waals surface area contributed by atoms with Gasteiger partial charge in [-0.3, -0.25) is 9.59 Å². The average Bonchev–Trinajstić information content (AvgIpc) is 3.20. The molecule has 0 aromatic rings. The number of amides is 1. The van der Waals surface area contributed by atoms with Gasteiger partial charge in [-0.2, -0.15) is 0 Å². The Balaban J connectivity index is 3.44. The van der Waals surface area contributed by atoms with Crippen LogP contribution in [0.5, 0.6) is 0 Å². The van der Waals surface area contributed by atoms with Gasteiger partial charge in [-0.1, -0.05) is 219 Å². The highest BCUT2D eigenvalue weighted by Gasteiger charge is 2.20. The third-order valence-electron chi connectivity index (χ3n) is 11.6. The van der Waals surface area contributed by atoms with E-state index in [2.05, 4.69) is 31.3 Å². The van der Waals surface area contributed by atoms with Gasteiger partial charge in [0.15, 0.2) is 0 Å². The lowest BCUT2D eigenvalue weighted by molar-refractivity contribution is -0.143. The van der Waals surface area contributed by atoms with E-state index in [1.54, 1.807) is 0 Å². The van der Waals surface area contributed by atoms with E-state index < -0.39 is 12.1 Å². The molecule has 0 rings (SSSR count). The van der Waals surface area contributed by atoms with Gasteiger partial charge in [-0.25, -0.2) is 0 Å². The minimum atomic E-state index is -0.669. The lowest BCUT2D eigenvalue weighted by Crippen LogP contribution is -2.45. The van der Waals surface area contributed by atoms with Crippen LogP contribution in [0.2, 0.25) is 0 Å². The summed E-state index contributed by atoms with van der Waals surface area (Å²) in [6.07, 6.45) is 51.7. The summed E-state index contributed by atoms with van der Waals surface area (Å²) >= 11 is 0. The fourth-order valence-corrected chi connectivity index (χ4v) is 7.69. The van der Waals surface area contributed by atoms with Gasteiger partial charge in [0, 0.05) is 12.8 Å². The highest BCUT2D eigenvalue weighted by atomic mass is 16.5. The van der Waals surface area contributed by atoms with Crippen LogP contribution >= 0.6 is 0 Å². The summed E-state index contributed by atoms with van der Waals surface area (Å²) in [5, 5.41) is 23.1. The molecular formula is C50H97NO5. The fraction of sp³-hybridized carbons (Fsp3) is 0.920. The van der Waals surface area contributed by atoms with E-state index in [9.17, 15) is 19.8 Å². The van der Waals surface area contributed by atoms with Crippen LogP contribution in [-0.4, -0.2) is 47.4 Å². The van der Waals surface area contributed by atoms with Crippen molar-refractivity contribution < 1.29 is 24.5 Å². The molecule has 0 aliphatic rings. The molecule has 0 aromatic heterocycles. The minimum Gasteiger partial charge on any atom is -0.466 e. The van der Waals surface area contributed by atoms with Crippen LogP contribution in [0.1, 0.15) is 271 Å². The van der Waals surface area contributed by atoms with Gasteiger partial charge >= 0.3 is 5.97 Å². The fourth-order valence-electron chi connectivity index (χ4n) is 7.69. The maximum atomic E-state index is 12.4. The Morgan fingerprint density at radius 2 is 0.839 bits per heavy atom. The highest BCUT2D eigenvalue weighted by molar-refractivity contribution is 5.76. The summed E-state index contributed by atoms with van der Waals surface area (Å²) in [5.74, 6) is -0.0576. The SMILES string of the molecule is CCCCCC/C=C\CCCCCCCC(=O)OCCCCCCCCCCCCCCCCC(=O)NC(CO)C(O)CCCCCCCCCCCCCC. The predicted molar refractivity (Wildman–Crippen MR) is 241 cm³/mol. The Labute approximate surface area is 349 Å². The van der Waals surface area contributed by atoms with Crippen molar-refractivity contribution in [1.29, 1.82) is 0 Å². The molecule has 3 N–H and O–H groups in total. The van der Waals surface area contributed by atoms with Crippen molar-refractivity contribution in [1.82, 2.24) is 5.32 Å². The zero-order valence-corrected chi connectivity index (χ0v) is 37.6. The van der Waals surface area contributed by atoms with E-state index >= 15 is 0 Å². The summed E-state index contributed by atoms with van der Waals surface area (Å²) in [5.41, 5.74) is 0. The molecule has 0 aliphatic carbocycles. The van der Waals surface area contributed by atoms with E-state index in [0.717, 1.165) is 51.4 Å². The van der Waals surface area contributed by atoms with Crippen molar-refractivity contribution in [2.75, 3.05) is 13.2 Å². The Hall–Kier alpha value is -1.40. The van der Waals surface area contributed by atoms with Gasteiger partial charge in [0.2, 0.25) is 5.91 Å². The second kappa shape index (κ2) is 46.3. The molecular weight excluding hydrogens is 695 g/mol. The van der Waals surface area contributed by atoms with Crippen molar-refractivity contribution in [3.63, 3.8) is 0 Å². The van der Waals surface area contributed by atoms with Crippen LogP contribution in [0.4, 0.5) is 0 Å². The molecule has 0 fully saturated rings. The number of ether oxygens (including phenoxy) is 1. The average molecular weight is 792 g/mol. The zero-order valence-electron chi connectivity index (χ0n) is 37.6. The number of aliphatic hydroxyl groups is 2. The molecule has 6 heteroatoms. The van der Waals surface area contributed by atoms with Gasteiger partial charge in [-0.05, 0) is 51.4 Å². The molecule has 56 heavy (non-hydrogen) atoms. The van der Waals surface area contributed by atoms with Crippen molar-refractivity contribution in [3.05, 3.63) is 12.2 Å². The minimum absolute atomic E-state index is 0.0115. The van der Waals surface area contributed by atoms with Gasteiger partial charge in [0.25, 0.3) is 0 Å². The number of rotatable bonds is 46. The van der Waals surface area contributed by atoms with E-state index in [-0.39, 0.29) is 18.5 Å². The lowest BCUT2D eigenvalue weighted by Gasteiger charge is -2.22. The van der Waals surface area contributed by atoms with E-state index in [0.29, 0.717) is 25.9 Å². The number of hydrogen-bond acceptors (Lipinski definition) is 5. The second-order valence-corrected chi connectivity index (χ2v) is 17.1. The van der Waals surface area contributed by atoms with Crippen LogP contribution in [0.15, 0.2) is 12.2 Å². The number of unbranched alkanes of at least 4 members (excludes halogenated alkanes) is 33. The van der Waals surface area contributed by atoms with Crippen molar-refractivity contribution in [2.24, 2.45) is 0 Å². The molecule has 0 heterocycles. The summed E-state index contributed by atoms with van der Waals surface area (Å²) in [7, 11) is 0. The predicted octanol–water partition coefficient (Wildman–Crippen LogP) is 14.6. The number of nitrogens with one attached hydrogen (secondary N) is 1. The Bertz CT molecular complexity index is 832. The van der Waals surface area contributed by atoms with Gasteiger partial charge in [0.1, 0.15) is 0 Å². The van der Waals surface area contributed by atoms with Crippen molar-refractivity contribution >= 4 is 11.9 Å². The van der Waals surface area contributed by atoms with Crippen LogP contribution in [-0.2, 0) is 14.3 Å². The maximum absolute atomic E-state index is 12.4. The topological polar surface area (TPSA) is 95.9 Å². The van der Waals surface area contributed by atoms with E-state index in [1.165, 1.54) is 186 Å². The van der Waals surface area contributed by atoms with Gasteiger partial charge < -0.3 is 20.3 Å². The van der Waals surface area contributed by atoms with Gasteiger partial charge in [-0.15, -0.1) is 0 Å². The normalized spacial score (nSPS) is 12.7. The third kappa shape index (κ3) is 42.2. The standard InChI is InChI=1S/C50H97NO5/c1-3-5-7-9-11-13-15-19-24-28-32-36-40-44-50(55)56-45-41-37-33-29-25-21-18-17-20-23-27-31-35-39-43-49(54)51-47(46-52)48(53)42-38-34-30-26-22-16-14-12-10-8-6-4-2/h13,15,47-48,52-53H,3-12,14,16-46H2,1-2H3,(H,51,54)/b15-13-. The monoisotopic (exact) mass is 792 g/mol. The summed E-state index contributed by atoms with van der Waals surface area (Å²) < 4.78 is 5.45. The molecule has 1 amide bonds.